The average Bonchev–Trinajstić information content (AvgIpc) is 3.00. The third-order valence-electron chi connectivity index (χ3n) is 5.00. The lowest BCUT2D eigenvalue weighted by molar-refractivity contribution is -0.137. The van der Waals surface area contributed by atoms with Crippen LogP contribution >= 0.6 is 0 Å². The van der Waals surface area contributed by atoms with Crippen molar-refractivity contribution in [3.8, 4) is 0 Å². The van der Waals surface area contributed by atoms with Gasteiger partial charge in [-0.25, -0.2) is 4.79 Å². The number of carbonyl (C=O) groups excluding carboxylic acids is 2. The lowest BCUT2D eigenvalue weighted by atomic mass is 10.1. The molecule has 3 rings (SSSR count). The van der Waals surface area contributed by atoms with Crippen LogP contribution in [-0.4, -0.2) is 78.2 Å². The van der Waals surface area contributed by atoms with E-state index < -0.39 is 12.2 Å². The molecule has 0 radical (unpaired) electrons. The van der Waals surface area contributed by atoms with Crippen molar-refractivity contribution >= 4 is 17.9 Å². The molecule has 2 atom stereocenters. The van der Waals surface area contributed by atoms with E-state index in [-0.39, 0.29) is 24.6 Å². The second-order valence-electron chi connectivity index (χ2n) is 7.43. The molecule has 1 aromatic rings. The summed E-state index contributed by atoms with van der Waals surface area (Å²) in [6.45, 7) is 5.51. The molecular formula is C20H29N5O3. The molecule has 2 unspecified atom stereocenters. The Hall–Kier alpha value is -2.61. The van der Waals surface area contributed by atoms with Crippen LogP contribution in [0, 0.1) is 0 Å². The van der Waals surface area contributed by atoms with E-state index >= 15 is 0 Å². The van der Waals surface area contributed by atoms with Crippen LogP contribution in [0.5, 0.6) is 0 Å². The maximum absolute atomic E-state index is 13.1. The van der Waals surface area contributed by atoms with Crippen LogP contribution in [0.15, 0.2) is 35.3 Å². The van der Waals surface area contributed by atoms with Gasteiger partial charge in [0.2, 0.25) is 0 Å². The Morgan fingerprint density at radius 2 is 1.86 bits per heavy atom. The minimum Gasteiger partial charge on any atom is -0.379 e. The maximum atomic E-state index is 13.1. The molecule has 2 aliphatic heterocycles. The number of rotatable bonds is 7. The van der Waals surface area contributed by atoms with E-state index in [2.05, 4.69) is 10.3 Å². The van der Waals surface area contributed by atoms with Crippen molar-refractivity contribution in [2.45, 2.75) is 45.1 Å². The minimum absolute atomic E-state index is 0.204. The Kier molecular flexibility index (Phi) is 6.18. The van der Waals surface area contributed by atoms with E-state index in [9.17, 15) is 9.59 Å². The van der Waals surface area contributed by atoms with Gasteiger partial charge in [-0.3, -0.25) is 14.7 Å². The molecule has 3 amide bonds. The van der Waals surface area contributed by atoms with E-state index in [1.54, 1.807) is 11.9 Å². The molecule has 1 aromatic carbocycles. The summed E-state index contributed by atoms with van der Waals surface area (Å²) in [6, 6.07) is 8.75. The number of fused-ring (bicyclic) bond motifs is 1. The molecule has 152 valence electrons. The minimum atomic E-state index is -0.489. The number of carbonyl (C=O) groups is 2. The standard InChI is InChI=1S/C20H29N5O3/c1-14(2)28-12-8-11-21-19-22-17-16(23(19)3)18(26)25(20(27)24(17)4)13-15-9-6-5-7-10-15/h5-7,9-10,14,16-17H,8,11-13H2,1-4H3,(H,21,22). The molecule has 0 spiro atoms. The topological polar surface area (TPSA) is 77.5 Å². The Morgan fingerprint density at radius 3 is 2.54 bits per heavy atom. The number of benzene rings is 1. The first-order valence-corrected chi connectivity index (χ1v) is 9.67. The lowest BCUT2D eigenvalue weighted by Gasteiger charge is -2.40. The molecule has 8 heteroatoms. The van der Waals surface area contributed by atoms with Gasteiger partial charge in [-0.2, -0.15) is 0 Å². The highest BCUT2D eigenvalue weighted by Gasteiger charge is 2.51. The predicted octanol–water partition coefficient (Wildman–Crippen LogP) is 1.48. The first-order chi connectivity index (χ1) is 13.4. The first kappa shape index (κ1) is 20.1. The molecular weight excluding hydrogens is 358 g/mol. The number of likely N-dealkylation sites (N-methyl/N-ethyl adjacent to an activating group) is 2. The summed E-state index contributed by atoms with van der Waals surface area (Å²) in [5.41, 5.74) is 0.920. The normalized spacial score (nSPS) is 23.6. The van der Waals surface area contributed by atoms with Crippen LogP contribution < -0.4 is 5.32 Å². The maximum Gasteiger partial charge on any atom is 0.328 e. The summed E-state index contributed by atoms with van der Waals surface area (Å²) < 4.78 is 5.53. The van der Waals surface area contributed by atoms with Crippen molar-refractivity contribution in [3.05, 3.63) is 35.9 Å². The molecule has 2 heterocycles. The number of nitrogens with zero attached hydrogens (tertiary/aromatic N) is 4. The summed E-state index contributed by atoms with van der Waals surface area (Å²) in [5.74, 6) is 0.425. The van der Waals surface area contributed by atoms with E-state index in [0.717, 1.165) is 12.0 Å². The van der Waals surface area contributed by atoms with Gasteiger partial charge in [-0.15, -0.1) is 0 Å². The zero-order chi connectivity index (χ0) is 20.3. The van der Waals surface area contributed by atoms with Crippen molar-refractivity contribution in [1.82, 2.24) is 20.0 Å². The van der Waals surface area contributed by atoms with E-state index in [4.69, 9.17) is 4.74 Å². The first-order valence-electron chi connectivity index (χ1n) is 9.67. The smallest absolute Gasteiger partial charge is 0.328 e. The number of imide groups is 1. The molecule has 28 heavy (non-hydrogen) atoms. The molecule has 0 saturated carbocycles. The largest absolute Gasteiger partial charge is 0.379 e. The summed E-state index contributed by atoms with van der Waals surface area (Å²) in [4.78, 5) is 35.2. The number of urea groups is 1. The summed E-state index contributed by atoms with van der Waals surface area (Å²) >= 11 is 0. The van der Waals surface area contributed by atoms with Gasteiger partial charge in [-0.05, 0) is 25.8 Å². The SMILES string of the molecule is CC(C)OCCCN=C1NC2C(C(=O)N(Cc3ccccc3)C(=O)N2C)N1C. The number of hydrogen-bond donors (Lipinski definition) is 1. The number of ether oxygens (including phenoxy) is 1. The van der Waals surface area contributed by atoms with Crippen molar-refractivity contribution < 1.29 is 14.3 Å². The molecule has 0 aromatic heterocycles. The van der Waals surface area contributed by atoms with Crippen LogP contribution in [-0.2, 0) is 16.1 Å². The van der Waals surface area contributed by atoms with Crippen LogP contribution in [0.4, 0.5) is 4.79 Å². The van der Waals surface area contributed by atoms with Gasteiger partial charge in [0, 0.05) is 27.2 Å². The summed E-state index contributed by atoms with van der Waals surface area (Å²) in [5, 5.41) is 3.23. The van der Waals surface area contributed by atoms with Gasteiger partial charge < -0.3 is 19.9 Å². The molecule has 1 N–H and O–H groups in total. The van der Waals surface area contributed by atoms with Gasteiger partial charge in [0.05, 0.1) is 12.6 Å². The number of guanidine groups is 1. The van der Waals surface area contributed by atoms with Gasteiger partial charge in [-0.1, -0.05) is 30.3 Å². The fourth-order valence-corrected chi connectivity index (χ4v) is 3.47. The second-order valence-corrected chi connectivity index (χ2v) is 7.43. The van der Waals surface area contributed by atoms with Crippen LogP contribution in [0.25, 0.3) is 0 Å². The fraction of sp³-hybridized carbons (Fsp3) is 0.550. The average molecular weight is 387 g/mol. The highest BCUT2D eigenvalue weighted by Crippen LogP contribution is 2.25. The van der Waals surface area contributed by atoms with Gasteiger partial charge in [0.15, 0.2) is 12.0 Å². The van der Waals surface area contributed by atoms with E-state index in [1.165, 1.54) is 4.90 Å². The number of hydrogen-bond acceptors (Lipinski definition) is 4. The van der Waals surface area contributed by atoms with Crippen molar-refractivity contribution in [3.63, 3.8) is 0 Å². The van der Waals surface area contributed by atoms with E-state index in [0.29, 0.717) is 19.1 Å². The van der Waals surface area contributed by atoms with Crippen LogP contribution in [0.3, 0.4) is 0 Å². The number of amides is 3. The Morgan fingerprint density at radius 1 is 1.14 bits per heavy atom. The Labute approximate surface area is 166 Å². The van der Waals surface area contributed by atoms with Crippen molar-refractivity contribution in [2.24, 2.45) is 4.99 Å². The van der Waals surface area contributed by atoms with Crippen LogP contribution in [0.2, 0.25) is 0 Å². The molecule has 2 fully saturated rings. The summed E-state index contributed by atoms with van der Waals surface area (Å²) in [6.07, 6.45) is 0.591. The Bertz CT molecular complexity index is 737. The highest BCUT2D eigenvalue weighted by atomic mass is 16.5. The van der Waals surface area contributed by atoms with Crippen molar-refractivity contribution in [1.29, 1.82) is 0 Å². The monoisotopic (exact) mass is 387 g/mol. The highest BCUT2D eigenvalue weighted by molar-refractivity contribution is 6.04. The zero-order valence-electron chi connectivity index (χ0n) is 17.0. The predicted molar refractivity (Wildman–Crippen MR) is 107 cm³/mol. The second kappa shape index (κ2) is 8.60. The third-order valence-corrected chi connectivity index (χ3v) is 5.00. The quantitative estimate of drug-likeness (QED) is 0.717. The molecule has 0 bridgehead atoms. The van der Waals surface area contributed by atoms with Gasteiger partial charge in [0.1, 0.15) is 6.17 Å². The molecule has 2 aliphatic rings. The van der Waals surface area contributed by atoms with Crippen LogP contribution in [0.1, 0.15) is 25.8 Å². The number of nitrogens with one attached hydrogen (secondary N) is 1. The third kappa shape index (κ3) is 4.11. The zero-order valence-corrected chi connectivity index (χ0v) is 17.0. The lowest BCUT2D eigenvalue weighted by Crippen LogP contribution is -2.65. The number of aliphatic imine (C=N–C) groups is 1. The Balaban J connectivity index is 1.69. The molecule has 8 nitrogen and oxygen atoms in total. The molecule has 0 aliphatic carbocycles. The summed E-state index contributed by atoms with van der Waals surface area (Å²) in [7, 11) is 3.55. The van der Waals surface area contributed by atoms with E-state index in [1.807, 2.05) is 56.1 Å². The molecule has 2 saturated heterocycles. The van der Waals surface area contributed by atoms with Gasteiger partial charge in [0.25, 0.3) is 5.91 Å². The van der Waals surface area contributed by atoms with Crippen molar-refractivity contribution in [2.75, 3.05) is 27.2 Å². The van der Waals surface area contributed by atoms with Gasteiger partial charge >= 0.3 is 6.03 Å². The fourth-order valence-electron chi connectivity index (χ4n) is 3.47.